The number of ether oxygens (including phenoxy) is 1. The summed E-state index contributed by atoms with van der Waals surface area (Å²) in [4.78, 5) is 11.9. The van der Waals surface area contributed by atoms with E-state index in [1.165, 1.54) is 0 Å². The Kier molecular flexibility index (Phi) is 4.90. The molecule has 1 aliphatic heterocycles. The molecule has 0 saturated carbocycles. The van der Waals surface area contributed by atoms with Gasteiger partial charge in [0.25, 0.3) is 0 Å². The predicted molar refractivity (Wildman–Crippen MR) is 83.7 cm³/mol. The Morgan fingerprint density at radius 3 is 2.76 bits per heavy atom. The number of carbonyl (C=O) groups is 1. The monoisotopic (exact) mass is 306 g/mol. The molecule has 112 valence electrons. The lowest BCUT2D eigenvalue weighted by Crippen LogP contribution is -2.30. The number of benzene rings is 1. The van der Waals surface area contributed by atoms with Gasteiger partial charge in [0, 0.05) is 34.3 Å². The van der Waals surface area contributed by atoms with Crippen molar-refractivity contribution >= 4 is 28.5 Å². The minimum absolute atomic E-state index is 0.0651. The molecule has 0 radical (unpaired) electrons. The molecule has 1 N–H and O–H groups in total. The highest BCUT2D eigenvalue weighted by molar-refractivity contribution is 7.84. The smallest absolute Gasteiger partial charge is 0.240 e. The molecule has 2 atom stereocenters. The van der Waals surface area contributed by atoms with Crippen LogP contribution in [0.5, 0.6) is 5.75 Å². The molecular weight excluding hydrogens is 288 g/mol. The van der Waals surface area contributed by atoms with Crippen LogP contribution in [0.25, 0.3) is 6.08 Å². The van der Waals surface area contributed by atoms with E-state index in [1.54, 1.807) is 19.4 Å². The second-order valence-electron chi connectivity index (χ2n) is 4.91. The van der Waals surface area contributed by atoms with Gasteiger partial charge in [-0.05, 0) is 29.8 Å². The van der Waals surface area contributed by atoms with Gasteiger partial charge in [0.1, 0.15) is 5.75 Å². The van der Waals surface area contributed by atoms with Gasteiger partial charge in [0.05, 0.1) is 12.8 Å². The minimum Gasteiger partial charge on any atom is -0.497 e. The van der Waals surface area contributed by atoms with Crippen molar-refractivity contribution in [2.24, 2.45) is 11.0 Å². The summed E-state index contributed by atoms with van der Waals surface area (Å²) >= 11 is 0. The summed E-state index contributed by atoms with van der Waals surface area (Å²) < 4.78 is 16.8. The SMILES string of the molecule is COc1cc(C=CC2=NNC(=O)CC2C)cc(S(C)=O)c1. The third-order valence-electron chi connectivity index (χ3n) is 3.22. The van der Waals surface area contributed by atoms with E-state index < -0.39 is 10.8 Å². The Hall–Kier alpha value is -1.95. The van der Waals surface area contributed by atoms with Crippen molar-refractivity contribution in [3.63, 3.8) is 0 Å². The zero-order valence-corrected chi connectivity index (χ0v) is 13.1. The minimum atomic E-state index is -1.07. The summed E-state index contributed by atoms with van der Waals surface area (Å²) in [6, 6.07) is 5.47. The average Bonchev–Trinajstić information content (AvgIpc) is 2.46. The first-order chi connectivity index (χ1) is 9.99. The summed E-state index contributed by atoms with van der Waals surface area (Å²) in [6.45, 7) is 1.96. The molecule has 1 aliphatic rings. The number of carbonyl (C=O) groups excluding carboxylic acids is 1. The Morgan fingerprint density at radius 2 is 2.14 bits per heavy atom. The number of methoxy groups -OCH3 is 1. The topological polar surface area (TPSA) is 67.8 Å². The average molecular weight is 306 g/mol. The van der Waals surface area contributed by atoms with E-state index in [2.05, 4.69) is 10.5 Å². The number of hydrogen-bond acceptors (Lipinski definition) is 4. The highest BCUT2D eigenvalue weighted by Crippen LogP contribution is 2.21. The maximum absolute atomic E-state index is 11.6. The first kappa shape index (κ1) is 15.4. The first-order valence-electron chi connectivity index (χ1n) is 6.56. The van der Waals surface area contributed by atoms with Crippen LogP contribution in [0.2, 0.25) is 0 Å². The lowest BCUT2D eigenvalue weighted by molar-refractivity contribution is -0.121. The Morgan fingerprint density at radius 1 is 1.38 bits per heavy atom. The number of amides is 1. The number of hydrogen-bond donors (Lipinski definition) is 1. The molecule has 0 saturated heterocycles. The number of rotatable bonds is 4. The fourth-order valence-corrected chi connectivity index (χ4v) is 2.61. The maximum Gasteiger partial charge on any atom is 0.240 e. The second kappa shape index (κ2) is 6.67. The molecule has 0 aromatic heterocycles. The van der Waals surface area contributed by atoms with Crippen molar-refractivity contribution < 1.29 is 13.7 Å². The van der Waals surface area contributed by atoms with Crippen LogP contribution < -0.4 is 10.2 Å². The molecule has 21 heavy (non-hydrogen) atoms. The largest absolute Gasteiger partial charge is 0.497 e. The van der Waals surface area contributed by atoms with Crippen molar-refractivity contribution in [3.8, 4) is 5.75 Å². The van der Waals surface area contributed by atoms with Gasteiger partial charge in [-0.15, -0.1) is 0 Å². The number of allylic oxidation sites excluding steroid dienone is 1. The van der Waals surface area contributed by atoms with Crippen LogP contribution in [-0.2, 0) is 15.6 Å². The van der Waals surface area contributed by atoms with Crippen LogP contribution >= 0.6 is 0 Å². The standard InChI is InChI=1S/C15H18N2O3S/c1-10-6-15(18)17-16-14(10)5-4-11-7-12(20-2)9-13(8-11)21(3)19/h4-5,7-10H,6H2,1-3H3,(H,17,18). The highest BCUT2D eigenvalue weighted by atomic mass is 32.2. The summed E-state index contributed by atoms with van der Waals surface area (Å²) in [5.74, 6) is 0.680. The van der Waals surface area contributed by atoms with Crippen LogP contribution in [0.4, 0.5) is 0 Å². The highest BCUT2D eigenvalue weighted by Gasteiger charge is 2.17. The zero-order valence-electron chi connectivity index (χ0n) is 12.3. The fraction of sp³-hybridized carbons (Fsp3) is 0.333. The third-order valence-corrected chi connectivity index (χ3v) is 4.12. The molecule has 0 aliphatic carbocycles. The molecule has 6 heteroatoms. The maximum atomic E-state index is 11.6. The van der Waals surface area contributed by atoms with E-state index in [0.29, 0.717) is 17.1 Å². The van der Waals surface area contributed by atoms with Gasteiger partial charge in [-0.2, -0.15) is 5.10 Å². The van der Waals surface area contributed by atoms with Crippen molar-refractivity contribution in [2.45, 2.75) is 18.2 Å². The van der Waals surface area contributed by atoms with Gasteiger partial charge in [-0.1, -0.05) is 13.0 Å². The van der Waals surface area contributed by atoms with E-state index in [9.17, 15) is 9.00 Å². The lowest BCUT2D eigenvalue weighted by Gasteiger charge is -2.16. The summed E-state index contributed by atoms with van der Waals surface area (Å²) in [6.07, 6.45) is 5.81. The fourth-order valence-electron chi connectivity index (χ4n) is 2.02. The predicted octanol–water partition coefficient (Wildman–Crippen LogP) is 1.96. The van der Waals surface area contributed by atoms with E-state index in [-0.39, 0.29) is 11.8 Å². The summed E-state index contributed by atoms with van der Waals surface area (Å²) in [7, 11) is 0.505. The molecule has 2 rings (SSSR count). The summed E-state index contributed by atoms with van der Waals surface area (Å²) in [5.41, 5.74) is 4.17. The molecular formula is C15H18N2O3S. The van der Waals surface area contributed by atoms with Crippen LogP contribution in [0, 0.1) is 5.92 Å². The molecule has 1 aromatic carbocycles. The zero-order chi connectivity index (χ0) is 15.4. The Bertz CT molecular complexity index is 638. The van der Waals surface area contributed by atoms with Gasteiger partial charge in [0.15, 0.2) is 0 Å². The van der Waals surface area contributed by atoms with Crippen LogP contribution in [0.1, 0.15) is 18.9 Å². The van der Waals surface area contributed by atoms with Gasteiger partial charge in [-0.3, -0.25) is 9.00 Å². The van der Waals surface area contributed by atoms with Crippen LogP contribution in [0.15, 0.2) is 34.3 Å². The van der Waals surface area contributed by atoms with Gasteiger partial charge in [-0.25, -0.2) is 5.43 Å². The van der Waals surface area contributed by atoms with Crippen molar-refractivity contribution in [3.05, 3.63) is 29.8 Å². The Labute approximate surface area is 126 Å². The van der Waals surface area contributed by atoms with E-state index in [4.69, 9.17) is 4.74 Å². The summed E-state index contributed by atoms with van der Waals surface area (Å²) in [5, 5.41) is 4.05. The van der Waals surface area contributed by atoms with Crippen LogP contribution in [-0.4, -0.2) is 29.2 Å². The quantitative estimate of drug-likeness (QED) is 0.924. The molecule has 0 fully saturated rings. The number of hydrazone groups is 1. The van der Waals surface area contributed by atoms with E-state index in [0.717, 1.165) is 11.3 Å². The van der Waals surface area contributed by atoms with Gasteiger partial charge >= 0.3 is 0 Å². The second-order valence-corrected chi connectivity index (χ2v) is 6.29. The van der Waals surface area contributed by atoms with E-state index in [1.807, 2.05) is 31.2 Å². The molecule has 1 heterocycles. The molecule has 2 unspecified atom stereocenters. The number of nitrogens with one attached hydrogen (secondary N) is 1. The van der Waals surface area contributed by atoms with Gasteiger partial charge in [0.2, 0.25) is 5.91 Å². The molecule has 1 amide bonds. The van der Waals surface area contributed by atoms with Gasteiger partial charge < -0.3 is 4.74 Å². The lowest BCUT2D eigenvalue weighted by atomic mass is 9.99. The molecule has 0 bridgehead atoms. The molecule has 0 spiro atoms. The first-order valence-corrected chi connectivity index (χ1v) is 8.12. The number of nitrogens with zero attached hydrogens (tertiary/aromatic N) is 1. The normalized spacial score (nSPS) is 20.0. The van der Waals surface area contributed by atoms with Crippen molar-refractivity contribution in [1.82, 2.24) is 5.43 Å². The molecule has 5 nitrogen and oxygen atoms in total. The Balaban J connectivity index is 2.26. The van der Waals surface area contributed by atoms with E-state index >= 15 is 0 Å². The van der Waals surface area contributed by atoms with Crippen molar-refractivity contribution in [2.75, 3.05) is 13.4 Å². The third kappa shape index (κ3) is 4.01. The van der Waals surface area contributed by atoms with Crippen LogP contribution in [0.3, 0.4) is 0 Å². The molecule has 1 aromatic rings. The van der Waals surface area contributed by atoms with Crippen molar-refractivity contribution in [1.29, 1.82) is 0 Å².